The Kier molecular flexibility index (Phi) is 3.52. The molecule has 0 fully saturated rings. The van der Waals surface area contributed by atoms with Crippen molar-refractivity contribution in [2.75, 3.05) is 0 Å². The van der Waals surface area contributed by atoms with Gasteiger partial charge in [-0.1, -0.05) is 5.16 Å². The summed E-state index contributed by atoms with van der Waals surface area (Å²) in [5.74, 6) is 0.889. The SMILES string of the molecule is Cc1noc(C)c1CNCc1c(C)nn(C)c1C. The first-order valence-corrected chi connectivity index (χ1v) is 6.12. The number of rotatable bonds is 4. The Labute approximate surface area is 107 Å². The van der Waals surface area contributed by atoms with Crippen molar-refractivity contribution in [1.82, 2.24) is 20.3 Å². The van der Waals surface area contributed by atoms with Crippen LogP contribution in [0.2, 0.25) is 0 Å². The predicted octanol–water partition coefficient (Wildman–Crippen LogP) is 1.93. The van der Waals surface area contributed by atoms with Gasteiger partial charge in [0, 0.05) is 37.0 Å². The van der Waals surface area contributed by atoms with Crippen molar-refractivity contribution >= 4 is 0 Å². The molecule has 0 aliphatic carbocycles. The summed E-state index contributed by atoms with van der Waals surface area (Å²) >= 11 is 0. The summed E-state index contributed by atoms with van der Waals surface area (Å²) in [6, 6.07) is 0. The lowest BCUT2D eigenvalue weighted by Crippen LogP contribution is -2.14. The van der Waals surface area contributed by atoms with Crippen molar-refractivity contribution < 1.29 is 4.52 Å². The molecule has 1 N–H and O–H groups in total. The van der Waals surface area contributed by atoms with Crippen LogP contribution in [0.15, 0.2) is 4.52 Å². The normalized spacial score (nSPS) is 11.2. The number of nitrogens with one attached hydrogen (secondary N) is 1. The van der Waals surface area contributed by atoms with Crippen LogP contribution < -0.4 is 5.32 Å². The maximum Gasteiger partial charge on any atom is 0.138 e. The minimum absolute atomic E-state index is 0.773. The number of nitrogens with zero attached hydrogens (tertiary/aromatic N) is 3. The highest BCUT2D eigenvalue weighted by Gasteiger charge is 2.11. The van der Waals surface area contributed by atoms with Gasteiger partial charge < -0.3 is 9.84 Å². The van der Waals surface area contributed by atoms with E-state index >= 15 is 0 Å². The smallest absolute Gasteiger partial charge is 0.138 e. The summed E-state index contributed by atoms with van der Waals surface area (Å²) in [4.78, 5) is 0. The van der Waals surface area contributed by atoms with Crippen molar-refractivity contribution in [2.24, 2.45) is 7.05 Å². The summed E-state index contributed by atoms with van der Waals surface area (Å²) in [6.45, 7) is 9.63. The number of hydrogen-bond acceptors (Lipinski definition) is 4. The lowest BCUT2D eigenvalue weighted by atomic mass is 10.1. The topological polar surface area (TPSA) is 55.9 Å². The maximum atomic E-state index is 5.14. The number of aryl methyl sites for hydroxylation is 4. The summed E-state index contributed by atoms with van der Waals surface area (Å²) in [6.07, 6.45) is 0. The van der Waals surface area contributed by atoms with Gasteiger partial charge in [0.25, 0.3) is 0 Å². The van der Waals surface area contributed by atoms with Gasteiger partial charge in [-0.05, 0) is 27.7 Å². The highest BCUT2D eigenvalue weighted by atomic mass is 16.5. The quantitative estimate of drug-likeness (QED) is 0.898. The molecule has 0 aromatic carbocycles. The van der Waals surface area contributed by atoms with Gasteiger partial charge >= 0.3 is 0 Å². The minimum Gasteiger partial charge on any atom is -0.361 e. The standard InChI is InChI=1S/C13H20N4O/c1-8-12(10(3)17(5)15-8)6-14-7-13-9(2)16-18-11(13)4/h14H,6-7H2,1-5H3. The Morgan fingerprint density at radius 1 is 1.06 bits per heavy atom. The van der Waals surface area contributed by atoms with Crippen LogP contribution in [0.4, 0.5) is 0 Å². The van der Waals surface area contributed by atoms with Crippen molar-refractivity contribution in [3.8, 4) is 0 Å². The first kappa shape index (κ1) is 12.8. The van der Waals surface area contributed by atoms with E-state index in [4.69, 9.17) is 4.52 Å². The highest BCUT2D eigenvalue weighted by molar-refractivity contribution is 5.25. The second-order valence-corrected chi connectivity index (χ2v) is 4.68. The van der Waals surface area contributed by atoms with E-state index in [0.29, 0.717) is 0 Å². The molecule has 98 valence electrons. The zero-order chi connectivity index (χ0) is 13.3. The summed E-state index contributed by atoms with van der Waals surface area (Å²) in [5.41, 5.74) is 5.66. The minimum atomic E-state index is 0.773. The van der Waals surface area contributed by atoms with Crippen LogP contribution in [0.3, 0.4) is 0 Å². The Hall–Kier alpha value is -1.62. The molecule has 0 amide bonds. The van der Waals surface area contributed by atoms with E-state index in [-0.39, 0.29) is 0 Å². The Morgan fingerprint density at radius 3 is 2.22 bits per heavy atom. The third kappa shape index (κ3) is 2.31. The van der Waals surface area contributed by atoms with Gasteiger partial charge in [0.1, 0.15) is 5.76 Å². The Balaban J connectivity index is 2.01. The van der Waals surface area contributed by atoms with E-state index in [1.165, 1.54) is 11.3 Å². The molecule has 0 spiro atoms. The van der Waals surface area contributed by atoms with Gasteiger partial charge in [-0.25, -0.2) is 0 Å². The van der Waals surface area contributed by atoms with Gasteiger partial charge in [0.05, 0.1) is 11.4 Å². The second-order valence-electron chi connectivity index (χ2n) is 4.68. The fourth-order valence-corrected chi connectivity index (χ4v) is 2.14. The van der Waals surface area contributed by atoms with Crippen LogP contribution in [0.25, 0.3) is 0 Å². The van der Waals surface area contributed by atoms with Crippen molar-refractivity contribution in [3.63, 3.8) is 0 Å². The molecule has 0 saturated heterocycles. The summed E-state index contributed by atoms with van der Waals surface area (Å²) < 4.78 is 7.06. The van der Waals surface area contributed by atoms with Crippen LogP contribution in [0.1, 0.15) is 34.0 Å². The predicted molar refractivity (Wildman–Crippen MR) is 69.2 cm³/mol. The zero-order valence-electron chi connectivity index (χ0n) is 11.7. The molecule has 0 unspecified atom stereocenters. The van der Waals surface area contributed by atoms with Crippen LogP contribution in [-0.4, -0.2) is 14.9 Å². The molecule has 0 aliphatic rings. The first-order valence-electron chi connectivity index (χ1n) is 6.12. The van der Waals surface area contributed by atoms with Gasteiger partial charge in [-0.15, -0.1) is 0 Å². The number of aromatic nitrogens is 3. The third-order valence-corrected chi connectivity index (χ3v) is 3.44. The molecule has 2 heterocycles. The van der Waals surface area contributed by atoms with Crippen molar-refractivity contribution in [2.45, 2.75) is 40.8 Å². The average molecular weight is 248 g/mol. The fraction of sp³-hybridized carbons (Fsp3) is 0.538. The monoisotopic (exact) mass is 248 g/mol. The molecule has 2 rings (SSSR count). The summed E-state index contributed by atoms with van der Waals surface area (Å²) in [7, 11) is 1.97. The van der Waals surface area contributed by atoms with Gasteiger partial charge in [0.15, 0.2) is 0 Å². The first-order chi connectivity index (χ1) is 8.50. The maximum absolute atomic E-state index is 5.14. The van der Waals surface area contributed by atoms with E-state index in [1.807, 2.05) is 32.5 Å². The lowest BCUT2D eigenvalue weighted by molar-refractivity contribution is 0.392. The Bertz CT molecular complexity index is 534. The van der Waals surface area contributed by atoms with E-state index in [9.17, 15) is 0 Å². The van der Waals surface area contributed by atoms with Gasteiger partial charge in [-0.2, -0.15) is 5.10 Å². The molecule has 0 bridgehead atoms. The molecule has 2 aromatic heterocycles. The molecule has 0 saturated carbocycles. The third-order valence-electron chi connectivity index (χ3n) is 3.44. The van der Waals surface area contributed by atoms with Crippen molar-refractivity contribution in [3.05, 3.63) is 34.0 Å². The molecule has 0 radical (unpaired) electrons. The average Bonchev–Trinajstić information content (AvgIpc) is 2.75. The molecular weight excluding hydrogens is 228 g/mol. The van der Waals surface area contributed by atoms with Gasteiger partial charge in [0.2, 0.25) is 0 Å². The molecule has 2 aromatic rings. The molecule has 18 heavy (non-hydrogen) atoms. The van der Waals surface area contributed by atoms with Crippen molar-refractivity contribution in [1.29, 1.82) is 0 Å². The largest absolute Gasteiger partial charge is 0.361 e. The fourth-order valence-electron chi connectivity index (χ4n) is 2.14. The lowest BCUT2D eigenvalue weighted by Gasteiger charge is -2.05. The Morgan fingerprint density at radius 2 is 1.72 bits per heavy atom. The van der Waals surface area contributed by atoms with Gasteiger partial charge in [-0.3, -0.25) is 4.68 Å². The van der Waals surface area contributed by atoms with Crippen LogP contribution >= 0.6 is 0 Å². The zero-order valence-corrected chi connectivity index (χ0v) is 11.7. The molecule has 0 aliphatic heterocycles. The van der Waals surface area contributed by atoms with Crippen LogP contribution in [0, 0.1) is 27.7 Å². The second kappa shape index (κ2) is 4.94. The summed E-state index contributed by atoms with van der Waals surface area (Å²) in [5, 5.41) is 11.8. The highest BCUT2D eigenvalue weighted by Crippen LogP contribution is 2.14. The molecule has 0 atom stereocenters. The number of hydrogen-bond donors (Lipinski definition) is 1. The van der Waals surface area contributed by atoms with E-state index in [2.05, 4.69) is 22.5 Å². The van der Waals surface area contributed by atoms with Crippen LogP contribution in [-0.2, 0) is 20.1 Å². The van der Waals surface area contributed by atoms with E-state index in [0.717, 1.165) is 35.8 Å². The molecular formula is C13H20N4O. The van der Waals surface area contributed by atoms with Crippen LogP contribution in [0.5, 0.6) is 0 Å². The van der Waals surface area contributed by atoms with E-state index < -0.39 is 0 Å². The van der Waals surface area contributed by atoms with E-state index in [1.54, 1.807) is 0 Å². The molecule has 5 nitrogen and oxygen atoms in total. The molecule has 5 heteroatoms.